The number of aliphatic hydroxyl groups excluding tert-OH is 1. The molecule has 0 bridgehead atoms. The summed E-state index contributed by atoms with van der Waals surface area (Å²) in [6.45, 7) is 0.771. The fraction of sp³-hybridized carbons (Fsp3) is 0.240. The van der Waals surface area contributed by atoms with E-state index in [0.717, 1.165) is 12.8 Å². The third-order valence-electron chi connectivity index (χ3n) is 5.79. The van der Waals surface area contributed by atoms with Gasteiger partial charge in [-0.2, -0.15) is 5.10 Å². The normalized spacial score (nSPS) is 15.9. The summed E-state index contributed by atoms with van der Waals surface area (Å²) in [5, 5.41) is 14.2. The number of halogens is 1. The monoisotopic (exact) mass is 495 g/mol. The number of aromatic nitrogens is 2. The largest absolute Gasteiger partial charge is 0.457 e. The maximum absolute atomic E-state index is 12.4. The summed E-state index contributed by atoms with van der Waals surface area (Å²) in [6.07, 6.45) is 4.24. The number of rotatable bonds is 7. The molecule has 0 unspecified atom stereocenters. The number of benzene rings is 2. The molecule has 182 valence electrons. The van der Waals surface area contributed by atoms with E-state index in [1.807, 2.05) is 0 Å². The molecule has 2 heterocycles. The van der Waals surface area contributed by atoms with E-state index < -0.39 is 5.91 Å². The molecule has 1 aromatic heterocycles. The van der Waals surface area contributed by atoms with E-state index in [1.165, 1.54) is 12.2 Å². The second-order valence-electron chi connectivity index (χ2n) is 8.16. The van der Waals surface area contributed by atoms with Crippen LogP contribution in [0.3, 0.4) is 0 Å². The molecule has 1 atom stereocenters. The second-order valence-corrected chi connectivity index (χ2v) is 8.60. The van der Waals surface area contributed by atoms with Gasteiger partial charge in [-0.3, -0.25) is 9.59 Å². The summed E-state index contributed by atoms with van der Waals surface area (Å²) in [5.41, 5.74) is 13.2. The number of anilines is 1. The lowest BCUT2D eigenvalue weighted by Crippen LogP contribution is -2.40. The van der Waals surface area contributed by atoms with Crippen LogP contribution in [0.1, 0.15) is 29.2 Å². The highest BCUT2D eigenvalue weighted by Gasteiger charge is 2.29. The molecule has 0 spiro atoms. The molecule has 10 heteroatoms. The molecule has 0 saturated carbocycles. The predicted octanol–water partition coefficient (Wildman–Crippen LogP) is 3.39. The van der Waals surface area contributed by atoms with Crippen LogP contribution in [0, 0.1) is 0 Å². The molecule has 3 aromatic rings. The van der Waals surface area contributed by atoms with Gasteiger partial charge in [0.15, 0.2) is 0 Å². The van der Waals surface area contributed by atoms with Crippen LogP contribution in [0.4, 0.5) is 5.82 Å². The van der Waals surface area contributed by atoms with Crippen molar-refractivity contribution < 1.29 is 19.4 Å². The van der Waals surface area contributed by atoms with E-state index >= 15 is 0 Å². The first kappa shape index (κ1) is 24.3. The van der Waals surface area contributed by atoms with Crippen LogP contribution in [-0.4, -0.2) is 51.3 Å². The number of nitrogens with zero attached hydrogens (tertiary/aromatic N) is 3. The molecule has 0 aliphatic carbocycles. The van der Waals surface area contributed by atoms with E-state index in [2.05, 4.69) is 5.10 Å². The molecular weight excluding hydrogens is 470 g/mol. The van der Waals surface area contributed by atoms with Crippen LogP contribution < -0.4 is 16.2 Å². The zero-order chi connectivity index (χ0) is 24.9. The van der Waals surface area contributed by atoms with Crippen LogP contribution in [0.5, 0.6) is 11.5 Å². The van der Waals surface area contributed by atoms with Crippen molar-refractivity contribution in [3.05, 3.63) is 71.3 Å². The van der Waals surface area contributed by atoms with Crippen molar-refractivity contribution in [1.82, 2.24) is 14.7 Å². The van der Waals surface area contributed by atoms with E-state index in [-0.39, 0.29) is 29.9 Å². The highest BCUT2D eigenvalue weighted by molar-refractivity contribution is 6.30. The van der Waals surface area contributed by atoms with Crippen molar-refractivity contribution in [1.29, 1.82) is 0 Å². The van der Waals surface area contributed by atoms with Crippen molar-refractivity contribution in [2.24, 2.45) is 5.73 Å². The van der Waals surface area contributed by atoms with Gasteiger partial charge in [-0.05, 0) is 61.4 Å². The number of carbonyl (C=O) groups is 2. The number of carbonyl (C=O) groups excluding carboxylic acids is 2. The van der Waals surface area contributed by atoms with Crippen molar-refractivity contribution in [3.8, 4) is 22.8 Å². The molecule has 1 saturated heterocycles. The first-order valence-electron chi connectivity index (χ1n) is 11.2. The number of piperidine rings is 1. The van der Waals surface area contributed by atoms with Gasteiger partial charge in [-0.1, -0.05) is 17.7 Å². The van der Waals surface area contributed by atoms with Crippen LogP contribution >= 0.6 is 11.6 Å². The average molecular weight is 496 g/mol. The molecule has 1 aliphatic heterocycles. The van der Waals surface area contributed by atoms with Gasteiger partial charge < -0.3 is 26.2 Å². The Morgan fingerprint density at radius 1 is 1.14 bits per heavy atom. The minimum atomic E-state index is -0.681. The van der Waals surface area contributed by atoms with Gasteiger partial charge in [0.05, 0.1) is 12.6 Å². The smallest absolute Gasteiger partial charge is 0.254 e. The number of hydrogen-bond acceptors (Lipinski definition) is 6. The molecule has 1 aliphatic rings. The summed E-state index contributed by atoms with van der Waals surface area (Å²) >= 11 is 5.91. The van der Waals surface area contributed by atoms with Gasteiger partial charge in [0.1, 0.15) is 28.6 Å². The maximum Gasteiger partial charge on any atom is 0.254 e. The Hall–Kier alpha value is -3.82. The van der Waals surface area contributed by atoms with Crippen molar-refractivity contribution in [3.63, 3.8) is 0 Å². The molecule has 1 fully saturated rings. The molecule has 2 aromatic carbocycles. The number of nitrogens with two attached hydrogens (primary N) is 2. The number of nitrogen functional groups attached to an aromatic ring is 1. The highest BCUT2D eigenvalue weighted by Crippen LogP contribution is 2.33. The number of ether oxygens (including phenoxy) is 1. The van der Waals surface area contributed by atoms with Crippen molar-refractivity contribution >= 4 is 29.2 Å². The Morgan fingerprint density at radius 2 is 1.80 bits per heavy atom. The number of hydrogen-bond donors (Lipinski definition) is 3. The van der Waals surface area contributed by atoms with E-state index in [0.29, 0.717) is 40.9 Å². The van der Waals surface area contributed by atoms with Crippen molar-refractivity contribution in [2.75, 3.05) is 25.4 Å². The number of amides is 2. The minimum absolute atomic E-state index is 0.139. The Kier molecular flexibility index (Phi) is 7.38. The van der Waals surface area contributed by atoms with Gasteiger partial charge in [0, 0.05) is 29.8 Å². The third-order valence-corrected chi connectivity index (χ3v) is 6.04. The van der Waals surface area contributed by atoms with Crippen LogP contribution in [-0.2, 0) is 4.79 Å². The predicted molar refractivity (Wildman–Crippen MR) is 133 cm³/mol. The van der Waals surface area contributed by atoms with Gasteiger partial charge in [0.25, 0.3) is 5.91 Å². The molecule has 4 rings (SSSR count). The Balaban J connectivity index is 1.59. The van der Waals surface area contributed by atoms with Crippen LogP contribution in [0.25, 0.3) is 11.3 Å². The van der Waals surface area contributed by atoms with E-state index in [1.54, 1.807) is 58.1 Å². The quantitative estimate of drug-likeness (QED) is 0.430. The standard InChI is InChI=1S/C25H26ClN5O4/c26-17-7-11-20(12-8-17)35-19-9-5-16(6-10-19)23-22(25(28)34)24(27)31(29-23)18-3-1-13-30(15-18)21(33)4-2-14-32/h2,4-12,18,32H,1,3,13-15,27H2,(H2,28,34)/t18-/m1/s1. The molecule has 35 heavy (non-hydrogen) atoms. The molecule has 2 amide bonds. The molecule has 5 N–H and O–H groups in total. The van der Waals surface area contributed by atoms with Crippen LogP contribution in [0.15, 0.2) is 60.7 Å². The highest BCUT2D eigenvalue weighted by atomic mass is 35.5. The average Bonchev–Trinajstić information content (AvgIpc) is 3.21. The minimum Gasteiger partial charge on any atom is -0.457 e. The summed E-state index contributed by atoms with van der Waals surface area (Å²) in [4.78, 5) is 26.3. The van der Waals surface area contributed by atoms with E-state index in [9.17, 15) is 9.59 Å². The Labute approximate surface area is 207 Å². The summed E-state index contributed by atoms with van der Waals surface area (Å²) in [5.74, 6) is 0.528. The molecular formula is C25H26ClN5O4. The summed E-state index contributed by atoms with van der Waals surface area (Å²) in [6, 6.07) is 13.9. The fourth-order valence-electron chi connectivity index (χ4n) is 4.10. The third kappa shape index (κ3) is 5.47. The number of likely N-dealkylation sites (tertiary alicyclic amines) is 1. The number of primary amides is 1. The number of aliphatic hydroxyl groups is 1. The maximum atomic E-state index is 12.4. The van der Waals surface area contributed by atoms with Crippen LogP contribution in [0.2, 0.25) is 5.02 Å². The summed E-state index contributed by atoms with van der Waals surface area (Å²) in [7, 11) is 0. The van der Waals surface area contributed by atoms with Gasteiger partial charge in [-0.25, -0.2) is 4.68 Å². The van der Waals surface area contributed by atoms with Crippen molar-refractivity contribution in [2.45, 2.75) is 18.9 Å². The lowest BCUT2D eigenvalue weighted by atomic mass is 10.1. The lowest BCUT2D eigenvalue weighted by Gasteiger charge is -2.32. The summed E-state index contributed by atoms with van der Waals surface area (Å²) < 4.78 is 7.42. The van der Waals surface area contributed by atoms with E-state index in [4.69, 9.17) is 32.9 Å². The fourth-order valence-corrected chi connectivity index (χ4v) is 4.23. The first-order chi connectivity index (χ1) is 16.9. The zero-order valence-electron chi connectivity index (χ0n) is 18.9. The SMILES string of the molecule is NC(=O)c1c(-c2ccc(Oc3ccc(Cl)cc3)cc2)nn([C@@H]2CCCN(C(=O)C=CCO)C2)c1N. The lowest BCUT2D eigenvalue weighted by molar-refractivity contribution is -0.127. The van der Waals surface area contributed by atoms with Gasteiger partial charge >= 0.3 is 0 Å². The Bertz CT molecular complexity index is 1240. The molecule has 0 radical (unpaired) electrons. The zero-order valence-corrected chi connectivity index (χ0v) is 19.7. The van der Waals surface area contributed by atoms with Gasteiger partial charge in [0.2, 0.25) is 5.91 Å². The first-order valence-corrected chi connectivity index (χ1v) is 11.5. The Morgan fingerprint density at radius 3 is 2.43 bits per heavy atom. The topological polar surface area (TPSA) is 137 Å². The molecule has 9 nitrogen and oxygen atoms in total. The second kappa shape index (κ2) is 10.6. The van der Waals surface area contributed by atoms with Gasteiger partial charge in [-0.15, -0.1) is 0 Å².